The van der Waals surface area contributed by atoms with Gasteiger partial charge in [0.15, 0.2) is 0 Å². The van der Waals surface area contributed by atoms with Crippen LogP contribution in [0.2, 0.25) is 0 Å². The zero-order chi connectivity index (χ0) is 12.5. The van der Waals surface area contributed by atoms with Crippen molar-refractivity contribution >= 4 is 11.8 Å². The minimum Gasteiger partial charge on any atom is -0.320 e. The van der Waals surface area contributed by atoms with Crippen LogP contribution < -0.4 is 5.73 Å². The summed E-state index contributed by atoms with van der Waals surface area (Å²) >= 11 is 2.01. The minimum absolute atomic E-state index is 0.423. The molecular weight excluding hydrogens is 226 g/mol. The first-order chi connectivity index (χ1) is 8.26. The van der Waals surface area contributed by atoms with Crippen molar-refractivity contribution in [3.05, 3.63) is 35.4 Å². The van der Waals surface area contributed by atoms with Crippen LogP contribution in [0.5, 0.6) is 0 Å². The lowest BCUT2D eigenvalue weighted by atomic mass is 10.1. The maximum Gasteiger partial charge on any atom is 0.0555 e. The Hall–Kier alpha value is -0.910. The quantitative estimate of drug-likeness (QED) is 0.808. The summed E-state index contributed by atoms with van der Waals surface area (Å²) in [7, 11) is 0. The highest BCUT2D eigenvalue weighted by Crippen LogP contribution is 2.17. The first-order valence-electron chi connectivity index (χ1n) is 6.12. The van der Waals surface area contributed by atoms with Crippen LogP contribution in [0.15, 0.2) is 24.3 Å². The second kappa shape index (κ2) is 8.22. The van der Waals surface area contributed by atoms with E-state index in [9.17, 15) is 0 Å². The Balaban J connectivity index is 2.40. The topological polar surface area (TPSA) is 26.0 Å². The van der Waals surface area contributed by atoms with Crippen LogP contribution in [-0.4, -0.2) is 12.3 Å². The monoisotopic (exact) mass is 247 g/mol. The van der Waals surface area contributed by atoms with Gasteiger partial charge in [-0.05, 0) is 29.4 Å². The maximum absolute atomic E-state index is 5.34. The summed E-state index contributed by atoms with van der Waals surface area (Å²) in [4.78, 5) is 0. The molecule has 17 heavy (non-hydrogen) atoms. The molecule has 0 aliphatic rings. The van der Waals surface area contributed by atoms with Crippen LogP contribution in [0.3, 0.4) is 0 Å². The number of rotatable bonds is 5. The van der Waals surface area contributed by atoms with Crippen molar-refractivity contribution in [2.45, 2.75) is 26.0 Å². The molecule has 0 fully saturated rings. The van der Waals surface area contributed by atoms with Crippen LogP contribution in [0.25, 0.3) is 0 Å². The van der Waals surface area contributed by atoms with Crippen molar-refractivity contribution < 1.29 is 0 Å². The van der Waals surface area contributed by atoms with Gasteiger partial charge in [0.2, 0.25) is 0 Å². The lowest BCUT2D eigenvalue weighted by molar-refractivity contribution is 0.637. The van der Waals surface area contributed by atoms with Gasteiger partial charge in [-0.1, -0.05) is 44.2 Å². The zero-order valence-electron chi connectivity index (χ0n) is 10.7. The Kier molecular flexibility index (Phi) is 6.84. The molecule has 1 unspecified atom stereocenters. The van der Waals surface area contributed by atoms with Gasteiger partial charge < -0.3 is 5.73 Å². The fraction of sp³-hybridized carbons (Fsp3) is 0.467. The van der Waals surface area contributed by atoms with Gasteiger partial charge in [0, 0.05) is 11.3 Å². The SMILES string of the molecule is CCC(C)CSCc1ccc(C#CCN)cc1. The number of hydrogen-bond donors (Lipinski definition) is 1. The summed E-state index contributed by atoms with van der Waals surface area (Å²) in [6, 6.07) is 8.46. The van der Waals surface area contributed by atoms with E-state index in [1.807, 2.05) is 11.8 Å². The van der Waals surface area contributed by atoms with E-state index in [1.165, 1.54) is 17.7 Å². The van der Waals surface area contributed by atoms with Gasteiger partial charge in [0.1, 0.15) is 0 Å². The van der Waals surface area contributed by atoms with Crippen LogP contribution in [0.1, 0.15) is 31.4 Å². The Morgan fingerprint density at radius 2 is 2.00 bits per heavy atom. The molecule has 0 aromatic heterocycles. The van der Waals surface area contributed by atoms with E-state index >= 15 is 0 Å². The van der Waals surface area contributed by atoms with Crippen molar-refractivity contribution in [2.24, 2.45) is 11.7 Å². The second-order valence-corrected chi connectivity index (χ2v) is 5.26. The Bertz CT molecular complexity index is 372. The number of nitrogens with two attached hydrogens (primary N) is 1. The molecule has 0 spiro atoms. The first-order valence-corrected chi connectivity index (χ1v) is 7.27. The van der Waals surface area contributed by atoms with Gasteiger partial charge >= 0.3 is 0 Å². The average molecular weight is 247 g/mol. The molecule has 1 aromatic carbocycles. The highest BCUT2D eigenvalue weighted by Gasteiger charge is 1.99. The van der Waals surface area contributed by atoms with E-state index in [1.54, 1.807) is 0 Å². The van der Waals surface area contributed by atoms with Gasteiger partial charge in [-0.25, -0.2) is 0 Å². The number of thioether (sulfide) groups is 1. The van der Waals surface area contributed by atoms with Gasteiger partial charge in [-0.3, -0.25) is 0 Å². The summed E-state index contributed by atoms with van der Waals surface area (Å²) in [6.07, 6.45) is 1.26. The third kappa shape index (κ3) is 5.81. The molecule has 2 heteroatoms. The first kappa shape index (κ1) is 14.2. The molecule has 0 saturated heterocycles. The summed E-state index contributed by atoms with van der Waals surface area (Å²) in [5, 5.41) is 0. The predicted octanol–water partition coefficient (Wildman–Crippen LogP) is 3.28. The van der Waals surface area contributed by atoms with E-state index in [-0.39, 0.29) is 0 Å². The van der Waals surface area contributed by atoms with Crippen LogP contribution in [-0.2, 0) is 5.75 Å². The molecule has 92 valence electrons. The highest BCUT2D eigenvalue weighted by molar-refractivity contribution is 7.98. The summed E-state index contributed by atoms with van der Waals surface area (Å²) in [5.41, 5.74) is 7.76. The molecule has 0 bridgehead atoms. The van der Waals surface area contributed by atoms with Crippen molar-refractivity contribution in [2.75, 3.05) is 12.3 Å². The van der Waals surface area contributed by atoms with E-state index in [0.717, 1.165) is 17.2 Å². The fourth-order valence-corrected chi connectivity index (χ4v) is 2.52. The van der Waals surface area contributed by atoms with E-state index in [0.29, 0.717) is 6.54 Å². The smallest absolute Gasteiger partial charge is 0.0555 e. The minimum atomic E-state index is 0.423. The molecule has 2 N–H and O–H groups in total. The lowest BCUT2D eigenvalue weighted by Crippen LogP contribution is -1.96. The third-order valence-electron chi connectivity index (χ3n) is 2.66. The molecule has 1 aromatic rings. The molecule has 1 rings (SSSR count). The zero-order valence-corrected chi connectivity index (χ0v) is 11.5. The van der Waals surface area contributed by atoms with Crippen LogP contribution >= 0.6 is 11.8 Å². The molecular formula is C15H21NS. The molecule has 0 aliphatic heterocycles. The third-order valence-corrected chi connectivity index (χ3v) is 4.00. The van der Waals surface area contributed by atoms with Gasteiger partial charge in [0.25, 0.3) is 0 Å². The lowest BCUT2D eigenvalue weighted by Gasteiger charge is -2.07. The molecule has 1 atom stereocenters. The summed E-state index contributed by atoms with van der Waals surface area (Å²) < 4.78 is 0. The number of hydrogen-bond acceptors (Lipinski definition) is 2. The molecule has 0 aliphatic carbocycles. The molecule has 0 saturated carbocycles. The van der Waals surface area contributed by atoms with Crippen molar-refractivity contribution in [1.82, 2.24) is 0 Å². The predicted molar refractivity (Wildman–Crippen MR) is 78.0 cm³/mol. The molecule has 1 nitrogen and oxygen atoms in total. The maximum atomic E-state index is 5.34. The van der Waals surface area contributed by atoms with Crippen molar-refractivity contribution in [1.29, 1.82) is 0 Å². The standard InChI is InChI=1S/C15H21NS/c1-3-13(2)11-17-12-15-8-6-14(7-9-15)5-4-10-16/h6-9,13H,3,10-12,16H2,1-2H3. The summed E-state index contributed by atoms with van der Waals surface area (Å²) in [6.45, 7) is 4.97. The van der Waals surface area contributed by atoms with E-state index in [2.05, 4.69) is 50.0 Å². The van der Waals surface area contributed by atoms with Gasteiger partial charge in [-0.15, -0.1) is 0 Å². The van der Waals surface area contributed by atoms with E-state index < -0.39 is 0 Å². The Morgan fingerprint density at radius 3 is 2.59 bits per heavy atom. The van der Waals surface area contributed by atoms with Gasteiger partial charge in [-0.2, -0.15) is 11.8 Å². The summed E-state index contributed by atoms with van der Waals surface area (Å²) in [5.74, 6) is 9.04. The van der Waals surface area contributed by atoms with E-state index in [4.69, 9.17) is 5.73 Å². The van der Waals surface area contributed by atoms with Gasteiger partial charge in [0.05, 0.1) is 6.54 Å². The van der Waals surface area contributed by atoms with Crippen LogP contribution in [0.4, 0.5) is 0 Å². The van der Waals surface area contributed by atoms with Crippen molar-refractivity contribution in [3.63, 3.8) is 0 Å². The molecule has 0 heterocycles. The molecule has 0 radical (unpaired) electrons. The second-order valence-electron chi connectivity index (χ2n) is 4.23. The largest absolute Gasteiger partial charge is 0.320 e. The number of benzene rings is 1. The normalized spacial score (nSPS) is 11.7. The fourth-order valence-electron chi connectivity index (χ4n) is 1.33. The Morgan fingerprint density at radius 1 is 1.29 bits per heavy atom. The molecule has 0 amide bonds. The average Bonchev–Trinajstić information content (AvgIpc) is 2.37. The van der Waals surface area contributed by atoms with Crippen molar-refractivity contribution in [3.8, 4) is 11.8 Å². The van der Waals surface area contributed by atoms with Crippen LogP contribution in [0, 0.1) is 17.8 Å². The Labute approximate surface area is 109 Å². The highest BCUT2D eigenvalue weighted by atomic mass is 32.2.